The van der Waals surface area contributed by atoms with E-state index in [0.717, 1.165) is 103 Å². The first-order valence-corrected chi connectivity index (χ1v) is 26.9. The average Bonchev–Trinajstić information content (AvgIpc) is 3.31. The van der Waals surface area contributed by atoms with Crippen LogP contribution in [0.2, 0.25) is 0 Å². The molecule has 0 aromatic heterocycles. The Morgan fingerprint density at radius 3 is 0.924 bits per heavy atom. The van der Waals surface area contributed by atoms with Crippen molar-refractivity contribution in [3.63, 3.8) is 0 Å². The van der Waals surface area contributed by atoms with Crippen LogP contribution in [0.25, 0.3) is 0 Å². The molecule has 0 fully saturated rings. The van der Waals surface area contributed by atoms with Gasteiger partial charge < -0.3 is 14.2 Å². The van der Waals surface area contributed by atoms with Crippen LogP contribution in [0.3, 0.4) is 0 Å². The third-order valence-electron chi connectivity index (χ3n) is 11.0. The van der Waals surface area contributed by atoms with Gasteiger partial charge in [-0.3, -0.25) is 14.4 Å². The van der Waals surface area contributed by atoms with Crippen molar-refractivity contribution in [2.45, 2.75) is 239 Å². The fourth-order valence-electron chi connectivity index (χ4n) is 6.88. The molecular formula is C60H98O6. The average molecular weight is 915 g/mol. The lowest BCUT2D eigenvalue weighted by molar-refractivity contribution is -0.167. The van der Waals surface area contributed by atoms with E-state index >= 15 is 0 Å². The van der Waals surface area contributed by atoms with E-state index in [1.54, 1.807) is 0 Å². The summed E-state index contributed by atoms with van der Waals surface area (Å²) in [6.45, 7) is 6.46. The van der Waals surface area contributed by atoms with Gasteiger partial charge in [-0.15, -0.1) is 0 Å². The van der Waals surface area contributed by atoms with Crippen LogP contribution in [0.5, 0.6) is 0 Å². The van der Waals surface area contributed by atoms with Gasteiger partial charge in [0.15, 0.2) is 6.10 Å². The van der Waals surface area contributed by atoms with Crippen molar-refractivity contribution >= 4 is 17.9 Å². The van der Waals surface area contributed by atoms with Crippen molar-refractivity contribution in [3.05, 3.63) is 109 Å². The summed E-state index contributed by atoms with van der Waals surface area (Å²) in [4.78, 5) is 38.0. The summed E-state index contributed by atoms with van der Waals surface area (Å²) in [6.07, 6.45) is 72.2. The molecule has 0 aliphatic carbocycles. The lowest BCUT2D eigenvalue weighted by Crippen LogP contribution is -2.30. The highest BCUT2D eigenvalue weighted by molar-refractivity contribution is 5.71. The lowest BCUT2D eigenvalue weighted by atomic mass is 10.1. The lowest BCUT2D eigenvalue weighted by Gasteiger charge is -2.18. The Kier molecular flexibility index (Phi) is 50.5. The highest BCUT2D eigenvalue weighted by atomic mass is 16.6. The van der Waals surface area contributed by atoms with Crippen LogP contribution >= 0.6 is 0 Å². The van der Waals surface area contributed by atoms with E-state index in [-0.39, 0.29) is 37.5 Å². The Balaban J connectivity index is 4.55. The molecule has 6 nitrogen and oxygen atoms in total. The summed E-state index contributed by atoms with van der Waals surface area (Å²) in [7, 11) is 0. The molecule has 1 atom stereocenters. The highest BCUT2D eigenvalue weighted by Crippen LogP contribution is 2.12. The quantitative estimate of drug-likeness (QED) is 0.0262. The molecule has 6 heteroatoms. The molecule has 0 saturated heterocycles. The summed E-state index contributed by atoms with van der Waals surface area (Å²) >= 11 is 0. The normalized spacial score (nSPS) is 13.0. The van der Waals surface area contributed by atoms with Crippen molar-refractivity contribution < 1.29 is 28.6 Å². The smallest absolute Gasteiger partial charge is 0.306 e. The number of unbranched alkanes of at least 4 members (excludes halogenated alkanes) is 18. The second kappa shape index (κ2) is 53.7. The van der Waals surface area contributed by atoms with Crippen molar-refractivity contribution in [1.29, 1.82) is 0 Å². The third-order valence-corrected chi connectivity index (χ3v) is 11.0. The van der Waals surface area contributed by atoms with Crippen LogP contribution in [0.4, 0.5) is 0 Å². The minimum atomic E-state index is -0.825. The zero-order chi connectivity index (χ0) is 47.9. The predicted octanol–water partition coefficient (Wildman–Crippen LogP) is 17.9. The zero-order valence-electron chi connectivity index (χ0n) is 42.7. The van der Waals surface area contributed by atoms with Gasteiger partial charge in [0.05, 0.1) is 0 Å². The minimum Gasteiger partial charge on any atom is -0.462 e. The number of carbonyl (C=O) groups is 3. The second-order valence-electron chi connectivity index (χ2n) is 17.4. The molecule has 0 aromatic rings. The van der Waals surface area contributed by atoms with E-state index < -0.39 is 6.10 Å². The maximum absolute atomic E-state index is 12.8. The molecule has 374 valence electrons. The maximum atomic E-state index is 12.8. The van der Waals surface area contributed by atoms with Gasteiger partial charge in [-0.05, 0) is 128 Å². The fourth-order valence-corrected chi connectivity index (χ4v) is 6.88. The van der Waals surface area contributed by atoms with Crippen LogP contribution in [0.1, 0.15) is 233 Å². The summed E-state index contributed by atoms with van der Waals surface area (Å²) in [5.41, 5.74) is 0. The summed E-state index contributed by atoms with van der Waals surface area (Å²) < 4.78 is 16.7. The largest absolute Gasteiger partial charge is 0.462 e. The van der Waals surface area contributed by atoms with Crippen molar-refractivity contribution in [3.8, 4) is 0 Å². The monoisotopic (exact) mass is 915 g/mol. The first-order valence-electron chi connectivity index (χ1n) is 26.9. The highest BCUT2D eigenvalue weighted by Gasteiger charge is 2.19. The standard InChI is InChI=1S/C60H98O6/c1-4-7-10-13-16-19-22-25-27-29-30-32-33-35-38-41-44-47-50-53-59(62)65-56-57(55-64-58(61)52-49-46-43-40-37-24-21-18-15-12-9-6-3)66-60(63)54-51-48-45-42-39-36-34-31-28-26-23-20-17-14-11-8-5-2/h16-21,25-28,30,32,34-36,38,42,45,57H,4-15,22-24,29,31,33,37,39-41,43-44,46-56H2,1-3H3/b19-16-,20-17-,21-18-,27-25-,28-26-,32-30-,36-34-,38-35-,45-42-/t57-/m1/s1. The van der Waals surface area contributed by atoms with Gasteiger partial charge >= 0.3 is 17.9 Å². The van der Waals surface area contributed by atoms with Gasteiger partial charge in [-0.2, -0.15) is 0 Å². The molecule has 0 radical (unpaired) electrons. The molecule has 0 spiro atoms. The van der Waals surface area contributed by atoms with Crippen molar-refractivity contribution in [2.75, 3.05) is 13.2 Å². The third kappa shape index (κ3) is 51.1. The summed E-state index contributed by atoms with van der Waals surface area (Å²) in [6, 6.07) is 0. The van der Waals surface area contributed by atoms with Crippen LogP contribution in [0.15, 0.2) is 109 Å². The Morgan fingerprint density at radius 2 is 0.561 bits per heavy atom. The molecule has 0 aliphatic rings. The number of allylic oxidation sites excluding steroid dienone is 18. The zero-order valence-corrected chi connectivity index (χ0v) is 42.7. The molecule has 0 saturated carbocycles. The van der Waals surface area contributed by atoms with Crippen LogP contribution in [0, 0.1) is 0 Å². The summed E-state index contributed by atoms with van der Waals surface area (Å²) in [5, 5.41) is 0. The van der Waals surface area contributed by atoms with Gasteiger partial charge in [0.25, 0.3) is 0 Å². The number of ether oxygens (including phenoxy) is 3. The molecule has 0 rings (SSSR count). The Labute approximate surface area is 406 Å². The Morgan fingerprint density at radius 1 is 0.303 bits per heavy atom. The number of esters is 3. The molecule has 0 unspecified atom stereocenters. The topological polar surface area (TPSA) is 78.9 Å². The van der Waals surface area contributed by atoms with Crippen LogP contribution in [-0.4, -0.2) is 37.2 Å². The Hall–Kier alpha value is -3.93. The predicted molar refractivity (Wildman–Crippen MR) is 283 cm³/mol. The SMILES string of the molecule is CCCCC/C=C\C/C=C\C/C=C\C/C=C\CCCCCC(=O)OC[C@@H](COC(=O)CCCCCCC/C=C\CCCCC)OC(=O)CCC/C=C\C/C=C\C/C=C\C/C=C\CCCCC. The number of hydrogen-bond donors (Lipinski definition) is 0. The molecule has 0 N–H and O–H groups in total. The van der Waals surface area contributed by atoms with Gasteiger partial charge in [0.2, 0.25) is 0 Å². The first-order chi connectivity index (χ1) is 32.5. The van der Waals surface area contributed by atoms with Gasteiger partial charge in [-0.25, -0.2) is 0 Å². The van der Waals surface area contributed by atoms with E-state index in [1.807, 2.05) is 0 Å². The molecule has 0 heterocycles. The van der Waals surface area contributed by atoms with E-state index in [2.05, 4.69) is 130 Å². The van der Waals surface area contributed by atoms with E-state index in [0.29, 0.717) is 19.3 Å². The first kappa shape index (κ1) is 62.1. The number of hydrogen-bond acceptors (Lipinski definition) is 6. The van der Waals surface area contributed by atoms with Gasteiger partial charge in [0, 0.05) is 19.3 Å². The van der Waals surface area contributed by atoms with Crippen molar-refractivity contribution in [2.24, 2.45) is 0 Å². The maximum Gasteiger partial charge on any atom is 0.306 e. The van der Waals surface area contributed by atoms with Gasteiger partial charge in [-0.1, -0.05) is 194 Å². The molecule has 66 heavy (non-hydrogen) atoms. The molecule has 0 amide bonds. The van der Waals surface area contributed by atoms with Crippen molar-refractivity contribution in [1.82, 2.24) is 0 Å². The second-order valence-corrected chi connectivity index (χ2v) is 17.4. The van der Waals surface area contributed by atoms with Gasteiger partial charge in [0.1, 0.15) is 13.2 Å². The molecular weight excluding hydrogens is 817 g/mol. The number of rotatable bonds is 47. The Bertz CT molecular complexity index is 1370. The van der Waals surface area contributed by atoms with Crippen LogP contribution < -0.4 is 0 Å². The van der Waals surface area contributed by atoms with E-state index in [1.165, 1.54) is 83.5 Å². The van der Waals surface area contributed by atoms with E-state index in [4.69, 9.17) is 14.2 Å². The minimum absolute atomic E-state index is 0.116. The molecule has 0 aliphatic heterocycles. The molecule has 0 bridgehead atoms. The number of carbonyl (C=O) groups excluding carboxylic acids is 3. The van der Waals surface area contributed by atoms with Crippen LogP contribution in [-0.2, 0) is 28.6 Å². The molecule has 0 aromatic carbocycles. The fraction of sp³-hybridized carbons (Fsp3) is 0.650. The summed E-state index contributed by atoms with van der Waals surface area (Å²) in [5.74, 6) is -1.02. The van der Waals surface area contributed by atoms with E-state index in [9.17, 15) is 14.4 Å².